The van der Waals surface area contributed by atoms with Gasteiger partial charge < -0.3 is 15.6 Å². The lowest BCUT2D eigenvalue weighted by Crippen LogP contribution is -2.32. The molecule has 2 aromatic heterocycles. The maximum Gasteiger partial charge on any atom is 0.253 e. The number of fused-ring (bicyclic) bond motifs is 5. The zero-order valence-electron chi connectivity index (χ0n) is 16.1. The topological polar surface area (TPSA) is 86.9 Å². The fraction of sp³-hybridized carbons (Fsp3) is 0.174. The number of hydrogen-bond acceptors (Lipinski definition) is 3. The van der Waals surface area contributed by atoms with Crippen LogP contribution in [0.4, 0.5) is 10.1 Å². The van der Waals surface area contributed by atoms with E-state index in [1.54, 1.807) is 12.1 Å². The van der Waals surface area contributed by atoms with E-state index in [2.05, 4.69) is 27.2 Å². The number of pyridine rings is 1. The van der Waals surface area contributed by atoms with Crippen LogP contribution in [-0.2, 0) is 24.1 Å². The molecule has 1 aromatic carbocycles. The van der Waals surface area contributed by atoms with Gasteiger partial charge in [0.05, 0.1) is 22.6 Å². The molecule has 5 rings (SSSR count). The maximum absolute atomic E-state index is 14.1. The summed E-state index contributed by atoms with van der Waals surface area (Å²) in [6.07, 6.45) is 5.30. The fourth-order valence-electron chi connectivity index (χ4n) is 4.22. The number of rotatable bonds is 3. The third kappa shape index (κ3) is 2.90. The summed E-state index contributed by atoms with van der Waals surface area (Å²) in [5.41, 5.74) is 7.28. The first-order chi connectivity index (χ1) is 14.5. The Kier molecular flexibility index (Phi) is 4.24. The largest absolute Gasteiger partial charge is 0.357 e. The van der Waals surface area contributed by atoms with E-state index in [0.29, 0.717) is 17.8 Å². The Morgan fingerprint density at radius 3 is 2.93 bits per heavy atom. The van der Waals surface area contributed by atoms with E-state index in [9.17, 15) is 14.0 Å². The number of anilines is 1. The SMILES string of the molecule is C=CC(=O)Nc1cc(-c2cc3c(cn2)CCc2c-3[nH]c3c2C(=O)NCC3)ccc1F. The Hall–Kier alpha value is -3.74. The molecule has 0 atom stereocenters. The summed E-state index contributed by atoms with van der Waals surface area (Å²) in [4.78, 5) is 32.0. The molecular weight excluding hydrogens is 383 g/mol. The number of amides is 2. The van der Waals surface area contributed by atoms with Gasteiger partial charge in [0.2, 0.25) is 5.91 Å². The smallest absolute Gasteiger partial charge is 0.253 e. The first-order valence-corrected chi connectivity index (χ1v) is 9.79. The number of aromatic nitrogens is 2. The predicted octanol–water partition coefficient (Wildman–Crippen LogP) is 3.39. The van der Waals surface area contributed by atoms with Gasteiger partial charge in [0.1, 0.15) is 5.82 Å². The van der Waals surface area contributed by atoms with E-state index in [1.807, 2.05) is 12.3 Å². The Bertz CT molecular complexity index is 1230. The van der Waals surface area contributed by atoms with Gasteiger partial charge >= 0.3 is 0 Å². The number of nitrogens with one attached hydrogen (secondary N) is 3. The molecule has 3 aromatic rings. The Balaban J connectivity index is 1.59. The van der Waals surface area contributed by atoms with Crippen LogP contribution >= 0.6 is 0 Å². The Morgan fingerprint density at radius 1 is 1.23 bits per heavy atom. The van der Waals surface area contributed by atoms with Gasteiger partial charge in [-0.1, -0.05) is 6.58 Å². The van der Waals surface area contributed by atoms with Crippen LogP contribution in [0, 0.1) is 5.82 Å². The normalized spacial score (nSPS) is 14.2. The van der Waals surface area contributed by atoms with Crippen LogP contribution in [0.5, 0.6) is 0 Å². The van der Waals surface area contributed by atoms with Gasteiger partial charge in [-0.05, 0) is 54.3 Å². The molecule has 7 heteroatoms. The Morgan fingerprint density at radius 2 is 2.10 bits per heavy atom. The second-order valence-corrected chi connectivity index (χ2v) is 7.45. The molecule has 0 saturated heterocycles. The van der Waals surface area contributed by atoms with Gasteiger partial charge in [-0.3, -0.25) is 14.6 Å². The van der Waals surface area contributed by atoms with E-state index >= 15 is 0 Å². The number of halogens is 1. The van der Waals surface area contributed by atoms with Crippen LogP contribution < -0.4 is 10.6 Å². The molecular formula is C23H19FN4O2. The lowest BCUT2D eigenvalue weighted by Gasteiger charge is -2.19. The second kappa shape index (κ2) is 6.95. The van der Waals surface area contributed by atoms with Gasteiger partial charge in [0.15, 0.2) is 0 Å². The predicted molar refractivity (Wildman–Crippen MR) is 112 cm³/mol. The first kappa shape index (κ1) is 18.3. The summed E-state index contributed by atoms with van der Waals surface area (Å²) in [7, 11) is 0. The van der Waals surface area contributed by atoms with Crippen LogP contribution in [-0.4, -0.2) is 28.3 Å². The van der Waals surface area contributed by atoms with Crippen molar-refractivity contribution in [1.82, 2.24) is 15.3 Å². The molecule has 3 N–H and O–H groups in total. The summed E-state index contributed by atoms with van der Waals surface area (Å²) in [6, 6.07) is 6.45. The average Bonchev–Trinajstić information content (AvgIpc) is 3.15. The fourth-order valence-corrected chi connectivity index (χ4v) is 4.22. The monoisotopic (exact) mass is 402 g/mol. The lowest BCUT2D eigenvalue weighted by molar-refractivity contribution is -0.111. The van der Waals surface area contributed by atoms with Gasteiger partial charge in [-0.2, -0.15) is 0 Å². The Labute approximate surface area is 172 Å². The zero-order chi connectivity index (χ0) is 20.8. The molecule has 6 nitrogen and oxygen atoms in total. The van der Waals surface area contributed by atoms with Crippen molar-refractivity contribution in [2.24, 2.45) is 0 Å². The zero-order valence-corrected chi connectivity index (χ0v) is 16.1. The molecule has 0 radical (unpaired) electrons. The number of nitrogens with zero attached hydrogens (tertiary/aromatic N) is 1. The van der Waals surface area contributed by atoms with Crippen LogP contribution in [0.15, 0.2) is 43.1 Å². The highest BCUT2D eigenvalue weighted by molar-refractivity contribution is 6.01. The highest BCUT2D eigenvalue weighted by Crippen LogP contribution is 2.38. The average molecular weight is 402 g/mol. The van der Waals surface area contributed by atoms with E-state index in [1.165, 1.54) is 6.07 Å². The number of carbonyl (C=O) groups is 2. The maximum atomic E-state index is 14.1. The van der Waals surface area contributed by atoms with E-state index in [0.717, 1.165) is 59.0 Å². The molecule has 1 aliphatic carbocycles. The molecule has 0 unspecified atom stereocenters. The number of aromatic amines is 1. The van der Waals surface area contributed by atoms with Crippen LogP contribution in [0.3, 0.4) is 0 Å². The summed E-state index contributed by atoms with van der Waals surface area (Å²) in [5.74, 6) is -1.03. The quantitative estimate of drug-likeness (QED) is 0.587. The molecule has 0 spiro atoms. The van der Waals surface area contributed by atoms with Crippen molar-refractivity contribution < 1.29 is 14.0 Å². The number of carbonyl (C=O) groups excluding carboxylic acids is 2. The molecule has 3 heterocycles. The van der Waals surface area contributed by atoms with Crippen molar-refractivity contribution in [1.29, 1.82) is 0 Å². The number of aryl methyl sites for hydroxylation is 1. The first-order valence-electron chi connectivity index (χ1n) is 9.79. The van der Waals surface area contributed by atoms with Gasteiger partial charge in [-0.15, -0.1) is 0 Å². The van der Waals surface area contributed by atoms with E-state index in [4.69, 9.17) is 0 Å². The minimum absolute atomic E-state index is 0.0207. The minimum atomic E-state index is -0.530. The van der Waals surface area contributed by atoms with Crippen molar-refractivity contribution >= 4 is 17.5 Å². The van der Waals surface area contributed by atoms with Crippen LogP contribution in [0.25, 0.3) is 22.5 Å². The molecule has 2 aliphatic rings. The molecule has 2 amide bonds. The summed E-state index contributed by atoms with van der Waals surface area (Å²) in [6.45, 7) is 4.02. The highest BCUT2D eigenvalue weighted by Gasteiger charge is 2.29. The lowest BCUT2D eigenvalue weighted by atomic mass is 9.88. The number of hydrogen-bond donors (Lipinski definition) is 3. The molecule has 1 aliphatic heterocycles. The van der Waals surface area contributed by atoms with Crippen molar-refractivity contribution in [2.75, 3.05) is 11.9 Å². The third-order valence-electron chi connectivity index (χ3n) is 5.67. The van der Waals surface area contributed by atoms with E-state index in [-0.39, 0.29) is 11.6 Å². The van der Waals surface area contributed by atoms with Gasteiger partial charge in [-0.25, -0.2) is 4.39 Å². The molecule has 0 bridgehead atoms. The van der Waals surface area contributed by atoms with Crippen LogP contribution in [0.1, 0.15) is 27.2 Å². The minimum Gasteiger partial charge on any atom is -0.357 e. The number of H-pyrrole nitrogens is 1. The standard InChI is InChI=1S/C23H19FN4O2/c1-2-20(29)27-19-9-12(4-6-16(19)24)18-10-15-13(11-26-18)3-5-14-21-17(28-22(14)15)7-8-25-23(21)30/h2,4,6,9-11,28H,1,3,5,7-8H2,(H,25,30)(H,27,29). The highest BCUT2D eigenvalue weighted by atomic mass is 19.1. The summed E-state index contributed by atoms with van der Waals surface area (Å²) in [5, 5.41) is 5.39. The van der Waals surface area contributed by atoms with Gasteiger partial charge in [0, 0.05) is 36.0 Å². The second-order valence-electron chi connectivity index (χ2n) is 7.45. The number of benzene rings is 1. The molecule has 150 valence electrons. The molecule has 30 heavy (non-hydrogen) atoms. The molecule has 0 saturated carbocycles. The van der Waals surface area contributed by atoms with Crippen molar-refractivity contribution in [3.05, 3.63) is 71.3 Å². The van der Waals surface area contributed by atoms with Gasteiger partial charge in [0.25, 0.3) is 5.91 Å². The summed E-state index contributed by atoms with van der Waals surface area (Å²) < 4.78 is 14.1. The van der Waals surface area contributed by atoms with Crippen molar-refractivity contribution in [3.63, 3.8) is 0 Å². The van der Waals surface area contributed by atoms with E-state index < -0.39 is 11.7 Å². The third-order valence-corrected chi connectivity index (χ3v) is 5.67. The summed E-state index contributed by atoms with van der Waals surface area (Å²) >= 11 is 0. The molecule has 0 fully saturated rings. The van der Waals surface area contributed by atoms with Crippen molar-refractivity contribution in [3.8, 4) is 22.5 Å². The van der Waals surface area contributed by atoms with Crippen molar-refractivity contribution in [2.45, 2.75) is 19.3 Å². The van der Waals surface area contributed by atoms with Crippen LogP contribution in [0.2, 0.25) is 0 Å².